The highest BCUT2D eigenvalue weighted by molar-refractivity contribution is 5.87. The summed E-state index contributed by atoms with van der Waals surface area (Å²) in [4.78, 5) is 17.2. The monoisotopic (exact) mass is 410 g/mol. The zero-order valence-electron chi connectivity index (χ0n) is 17.8. The maximum atomic E-state index is 12.7. The van der Waals surface area contributed by atoms with Crippen LogP contribution in [0.1, 0.15) is 52.6 Å². The minimum Gasteiger partial charge on any atom is -0.461 e. The molecule has 4 nitrogen and oxygen atoms in total. The molecule has 0 saturated carbocycles. The number of nitriles is 1. The number of ether oxygens (including phenoxy) is 1. The van der Waals surface area contributed by atoms with Crippen LogP contribution >= 0.6 is 0 Å². The third-order valence-electron chi connectivity index (χ3n) is 6.15. The summed E-state index contributed by atoms with van der Waals surface area (Å²) in [6.45, 7) is 2.37. The third-order valence-corrected chi connectivity index (χ3v) is 6.15. The average Bonchev–Trinajstić information content (AvgIpc) is 2.82. The third kappa shape index (κ3) is 4.36. The van der Waals surface area contributed by atoms with Gasteiger partial charge in [-0.1, -0.05) is 73.7 Å². The van der Waals surface area contributed by atoms with Gasteiger partial charge in [0.1, 0.15) is 11.1 Å². The Kier molecular flexibility index (Phi) is 6.13. The van der Waals surface area contributed by atoms with Gasteiger partial charge in [-0.25, -0.2) is 9.78 Å². The lowest BCUT2D eigenvalue weighted by Crippen LogP contribution is -2.28. The highest BCUT2D eigenvalue weighted by atomic mass is 16.5. The number of benzene rings is 2. The number of carbonyl (C=O) groups excluding carboxylic acids is 1. The van der Waals surface area contributed by atoms with E-state index in [0.29, 0.717) is 18.0 Å². The van der Waals surface area contributed by atoms with Gasteiger partial charge in [0.15, 0.2) is 0 Å². The predicted octanol–water partition coefficient (Wildman–Crippen LogP) is 5.26. The highest BCUT2D eigenvalue weighted by Gasteiger charge is 2.34. The van der Waals surface area contributed by atoms with Crippen LogP contribution in [0.15, 0.2) is 72.8 Å². The molecule has 0 amide bonds. The molecule has 0 saturated heterocycles. The van der Waals surface area contributed by atoms with Crippen LogP contribution in [0.4, 0.5) is 0 Å². The van der Waals surface area contributed by atoms with Gasteiger partial charge in [0.2, 0.25) is 0 Å². The molecule has 1 atom stereocenters. The molecular formula is C27H26N2O2. The van der Waals surface area contributed by atoms with Crippen molar-refractivity contribution in [2.45, 2.75) is 38.0 Å². The first-order valence-electron chi connectivity index (χ1n) is 10.8. The molecule has 1 heterocycles. The van der Waals surface area contributed by atoms with Gasteiger partial charge in [0.25, 0.3) is 0 Å². The first-order chi connectivity index (χ1) is 15.1. The van der Waals surface area contributed by atoms with Gasteiger partial charge in [-0.05, 0) is 47.9 Å². The number of nitrogens with zero attached hydrogens (tertiary/aromatic N) is 2. The van der Waals surface area contributed by atoms with Gasteiger partial charge in [-0.3, -0.25) is 0 Å². The van der Waals surface area contributed by atoms with Crippen molar-refractivity contribution in [3.05, 3.63) is 101 Å². The van der Waals surface area contributed by atoms with Crippen molar-refractivity contribution >= 4 is 5.97 Å². The Balaban J connectivity index is 1.51. The van der Waals surface area contributed by atoms with Crippen molar-refractivity contribution in [3.63, 3.8) is 0 Å². The standard InChI is InChI=1S/C27H26N2O2/c1-20-12-14-24-21(18-20)13-15-25(29-24)26(30)31-17-16-27(19-28,22-8-4-2-5-9-22)23-10-6-3-7-11-23/h2-11,13,15,20H,12,14,16-18H2,1H3. The minimum absolute atomic E-state index is 0.131. The number of pyridine rings is 1. The summed E-state index contributed by atoms with van der Waals surface area (Å²) in [6, 6.07) is 25.6. The van der Waals surface area contributed by atoms with Crippen molar-refractivity contribution in [1.82, 2.24) is 4.98 Å². The molecule has 4 rings (SSSR count). The Morgan fingerprint density at radius 2 is 1.71 bits per heavy atom. The highest BCUT2D eigenvalue weighted by Crippen LogP contribution is 2.35. The number of aromatic nitrogens is 1. The molecule has 4 heteroatoms. The molecule has 3 aromatic rings. The Morgan fingerprint density at radius 1 is 1.06 bits per heavy atom. The summed E-state index contributed by atoms with van der Waals surface area (Å²) in [7, 11) is 0. The fourth-order valence-corrected chi connectivity index (χ4v) is 4.36. The van der Waals surface area contributed by atoms with Gasteiger partial charge in [0, 0.05) is 12.1 Å². The molecule has 0 N–H and O–H groups in total. The van der Waals surface area contributed by atoms with Crippen LogP contribution in [0, 0.1) is 17.2 Å². The first-order valence-corrected chi connectivity index (χ1v) is 10.8. The molecule has 0 bridgehead atoms. The van der Waals surface area contributed by atoms with Gasteiger partial charge in [0.05, 0.1) is 12.7 Å². The maximum absolute atomic E-state index is 12.7. The van der Waals surface area contributed by atoms with E-state index < -0.39 is 11.4 Å². The van der Waals surface area contributed by atoms with Crippen molar-refractivity contribution < 1.29 is 9.53 Å². The predicted molar refractivity (Wildman–Crippen MR) is 120 cm³/mol. The first kappa shape index (κ1) is 20.8. The quantitative estimate of drug-likeness (QED) is 0.520. The number of rotatable bonds is 6. The Hall–Kier alpha value is -3.45. The summed E-state index contributed by atoms with van der Waals surface area (Å²) in [5.74, 6) is 0.219. The van der Waals surface area contributed by atoms with Crippen LogP contribution in [-0.2, 0) is 23.0 Å². The molecule has 0 radical (unpaired) electrons. The number of aryl methyl sites for hydroxylation is 1. The van der Waals surface area contributed by atoms with Crippen LogP contribution in [0.3, 0.4) is 0 Å². The normalized spacial score (nSPS) is 15.5. The average molecular weight is 411 g/mol. The fraction of sp³-hybridized carbons (Fsp3) is 0.296. The van der Waals surface area contributed by atoms with Crippen LogP contribution < -0.4 is 0 Å². The number of esters is 1. The number of hydrogen-bond donors (Lipinski definition) is 0. The van der Waals surface area contributed by atoms with E-state index in [4.69, 9.17) is 4.74 Å². The second kappa shape index (κ2) is 9.14. The summed E-state index contributed by atoms with van der Waals surface area (Å²) in [6.07, 6.45) is 3.37. The second-order valence-corrected chi connectivity index (χ2v) is 8.29. The Morgan fingerprint density at radius 3 is 2.32 bits per heavy atom. The molecule has 0 aliphatic heterocycles. The molecule has 1 aliphatic carbocycles. The van der Waals surface area contributed by atoms with Crippen LogP contribution in [-0.4, -0.2) is 17.6 Å². The van der Waals surface area contributed by atoms with E-state index in [0.717, 1.165) is 36.1 Å². The van der Waals surface area contributed by atoms with Crippen molar-refractivity contribution in [2.24, 2.45) is 5.92 Å². The second-order valence-electron chi connectivity index (χ2n) is 8.29. The van der Waals surface area contributed by atoms with Gasteiger partial charge < -0.3 is 4.74 Å². The van der Waals surface area contributed by atoms with Crippen molar-refractivity contribution in [1.29, 1.82) is 5.26 Å². The largest absolute Gasteiger partial charge is 0.461 e. The molecule has 2 aromatic carbocycles. The zero-order chi connectivity index (χ0) is 21.7. The molecule has 31 heavy (non-hydrogen) atoms. The van der Waals surface area contributed by atoms with Gasteiger partial charge in [-0.15, -0.1) is 0 Å². The van der Waals surface area contributed by atoms with Gasteiger partial charge >= 0.3 is 5.97 Å². The van der Waals surface area contributed by atoms with Gasteiger partial charge in [-0.2, -0.15) is 5.26 Å². The number of hydrogen-bond acceptors (Lipinski definition) is 4. The van der Waals surface area contributed by atoms with E-state index in [1.54, 1.807) is 6.07 Å². The molecule has 1 aromatic heterocycles. The van der Waals surface area contributed by atoms with E-state index in [1.165, 1.54) is 5.56 Å². The molecular weight excluding hydrogens is 384 g/mol. The lowest BCUT2D eigenvalue weighted by Gasteiger charge is -2.27. The minimum atomic E-state index is -0.887. The van der Waals surface area contributed by atoms with Crippen LogP contribution in [0.25, 0.3) is 0 Å². The van der Waals surface area contributed by atoms with Crippen LogP contribution in [0.5, 0.6) is 0 Å². The fourth-order valence-electron chi connectivity index (χ4n) is 4.36. The van der Waals surface area contributed by atoms with E-state index in [1.807, 2.05) is 66.7 Å². The van der Waals surface area contributed by atoms with Crippen molar-refractivity contribution in [2.75, 3.05) is 6.61 Å². The molecule has 0 fully saturated rings. The Labute approximate surface area is 183 Å². The molecule has 0 spiro atoms. The zero-order valence-corrected chi connectivity index (χ0v) is 17.8. The van der Waals surface area contributed by atoms with Crippen LogP contribution in [0.2, 0.25) is 0 Å². The Bertz CT molecular complexity index is 1050. The number of carbonyl (C=O) groups is 1. The SMILES string of the molecule is CC1CCc2nc(C(=O)OCCC(C#N)(c3ccccc3)c3ccccc3)ccc2C1. The van der Waals surface area contributed by atoms with E-state index in [-0.39, 0.29) is 6.61 Å². The molecule has 156 valence electrons. The maximum Gasteiger partial charge on any atom is 0.356 e. The smallest absolute Gasteiger partial charge is 0.356 e. The number of fused-ring (bicyclic) bond motifs is 1. The lowest BCUT2D eigenvalue weighted by molar-refractivity contribution is 0.0481. The van der Waals surface area contributed by atoms with Crippen molar-refractivity contribution in [3.8, 4) is 6.07 Å². The molecule has 1 aliphatic rings. The lowest BCUT2D eigenvalue weighted by atomic mass is 9.73. The molecule has 1 unspecified atom stereocenters. The summed E-state index contributed by atoms with van der Waals surface area (Å²) < 4.78 is 5.59. The summed E-state index contributed by atoms with van der Waals surface area (Å²) in [5.41, 5.74) is 3.47. The van der Waals surface area contributed by atoms with E-state index in [9.17, 15) is 10.1 Å². The van der Waals surface area contributed by atoms with E-state index >= 15 is 0 Å². The summed E-state index contributed by atoms with van der Waals surface area (Å²) in [5, 5.41) is 10.2. The van der Waals surface area contributed by atoms with E-state index in [2.05, 4.69) is 18.0 Å². The topological polar surface area (TPSA) is 63.0 Å². The summed E-state index contributed by atoms with van der Waals surface area (Å²) >= 11 is 0.